The van der Waals surface area contributed by atoms with Crippen molar-refractivity contribution < 1.29 is 19.0 Å². The molecule has 0 atom stereocenters. The summed E-state index contributed by atoms with van der Waals surface area (Å²) in [5.74, 6) is -2.28. The molecule has 3 aromatic carbocycles. The molecular weight excluding hydrogens is 286 g/mol. The summed E-state index contributed by atoms with van der Waals surface area (Å²) in [6.07, 6.45) is 0. The lowest BCUT2D eigenvalue weighted by Gasteiger charge is -2.11. The van der Waals surface area contributed by atoms with Gasteiger partial charge in [-0.3, -0.25) is 0 Å². The number of hydrogen-bond donors (Lipinski definition) is 2. The Morgan fingerprint density at radius 3 is 1.36 bits per heavy atom. The second-order valence-corrected chi connectivity index (χ2v) is 4.88. The van der Waals surface area contributed by atoms with Gasteiger partial charge in [-0.1, -0.05) is 36.4 Å². The van der Waals surface area contributed by atoms with Gasteiger partial charge in [0, 0.05) is 0 Å². The molecule has 4 heteroatoms. The molecule has 0 saturated carbocycles. The molecule has 2 N–H and O–H groups in total. The zero-order valence-corrected chi connectivity index (χ0v) is 11.4. The second-order valence-electron chi connectivity index (χ2n) is 4.88. The van der Waals surface area contributed by atoms with E-state index < -0.39 is 23.1 Å². The van der Waals surface area contributed by atoms with E-state index in [1.807, 2.05) is 0 Å². The SMILES string of the molecule is Oc1ccc(-c2ccccc2-c2ccc(O)c(F)c2)cc1F. The van der Waals surface area contributed by atoms with E-state index in [0.29, 0.717) is 22.3 Å². The Kier molecular flexibility index (Phi) is 3.51. The Morgan fingerprint density at radius 2 is 1.00 bits per heavy atom. The molecule has 0 fully saturated rings. The quantitative estimate of drug-likeness (QED) is 0.719. The molecule has 22 heavy (non-hydrogen) atoms. The molecule has 0 saturated heterocycles. The van der Waals surface area contributed by atoms with Gasteiger partial charge >= 0.3 is 0 Å². The summed E-state index contributed by atoms with van der Waals surface area (Å²) in [6, 6.07) is 15.3. The van der Waals surface area contributed by atoms with E-state index in [0.717, 1.165) is 0 Å². The molecule has 0 aromatic heterocycles. The number of hydrogen-bond acceptors (Lipinski definition) is 2. The lowest BCUT2D eigenvalue weighted by Crippen LogP contribution is -1.87. The van der Waals surface area contributed by atoms with Crippen LogP contribution in [0.5, 0.6) is 11.5 Å². The highest BCUT2D eigenvalue weighted by molar-refractivity contribution is 5.83. The van der Waals surface area contributed by atoms with E-state index in [1.165, 1.54) is 24.3 Å². The molecule has 0 unspecified atom stereocenters. The average molecular weight is 298 g/mol. The van der Waals surface area contributed by atoms with Gasteiger partial charge in [0.25, 0.3) is 0 Å². The third kappa shape index (κ3) is 2.51. The first-order chi connectivity index (χ1) is 10.6. The molecule has 0 heterocycles. The molecule has 3 aromatic rings. The summed E-state index contributed by atoms with van der Waals surface area (Å²) in [4.78, 5) is 0. The maximum absolute atomic E-state index is 13.6. The highest BCUT2D eigenvalue weighted by atomic mass is 19.1. The summed E-state index contributed by atoms with van der Waals surface area (Å²) in [5, 5.41) is 18.6. The van der Waals surface area contributed by atoms with Crippen molar-refractivity contribution in [3.05, 3.63) is 72.3 Å². The van der Waals surface area contributed by atoms with Crippen LogP contribution < -0.4 is 0 Å². The van der Waals surface area contributed by atoms with Crippen molar-refractivity contribution >= 4 is 0 Å². The lowest BCUT2D eigenvalue weighted by atomic mass is 9.94. The first-order valence-corrected chi connectivity index (χ1v) is 6.63. The van der Waals surface area contributed by atoms with Gasteiger partial charge in [0.15, 0.2) is 23.1 Å². The molecule has 3 rings (SSSR count). The van der Waals surface area contributed by atoms with Gasteiger partial charge < -0.3 is 10.2 Å². The first kappa shape index (κ1) is 14.1. The topological polar surface area (TPSA) is 40.5 Å². The third-order valence-electron chi connectivity index (χ3n) is 3.44. The average Bonchev–Trinajstić information content (AvgIpc) is 2.53. The fourth-order valence-electron chi connectivity index (χ4n) is 2.34. The third-order valence-corrected chi connectivity index (χ3v) is 3.44. The van der Waals surface area contributed by atoms with Crippen molar-refractivity contribution in [2.75, 3.05) is 0 Å². The van der Waals surface area contributed by atoms with E-state index in [1.54, 1.807) is 36.4 Å². The summed E-state index contributed by atoms with van der Waals surface area (Å²) in [6.45, 7) is 0. The summed E-state index contributed by atoms with van der Waals surface area (Å²) in [5.41, 5.74) is 2.54. The van der Waals surface area contributed by atoms with Crippen LogP contribution in [0.15, 0.2) is 60.7 Å². The van der Waals surface area contributed by atoms with Gasteiger partial charge in [-0.05, 0) is 46.5 Å². The summed E-state index contributed by atoms with van der Waals surface area (Å²) < 4.78 is 27.1. The van der Waals surface area contributed by atoms with Crippen LogP contribution in [0, 0.1) is 11.6 Å². The Balaban J connectivity index is 2.17. The number of phenols is 2. The maximum Gasteiger partial charge on any atom is 0.165 e. The van der Waals surface area contributed by atoms with Gasteiger partial charge in [-0.15, -0.1) is 0 Å². The van der Waals surface area contributed by atoms with E-state index in [2.05, 4.69) is 0 Å². The van der Waals surface area contributed by atoms with Crippen LogP contribution >= 0.6 is 0 Å². The first-order valence-electron chi connectivity index (χ1n) is 6.63. The van der Waals surface area contributed by atoms with Crippen LogP contribution in [0.4, 0.5) is 8.78 Å². The largest absolute Gasteiger partial charge is 0.505 e. The van der Waals surface area contributed by atoms with E-state index in [4.69, 9.17) is 0 Å². The predicted octanol–water partition coefficient (Wildman–Crippen LogP) is 4.71. The minimum atomic E-state index is -0.718. The van der Waals surface area contributed by atoms with Gasteiger partial charge in [0.1, 0.15) is 0 Å². The minimum Gasteiger partial charge on any atom is -0.505 e. The Hall–Kier alpha value is -2.88. The number of aromatic hydroxyl groups is 2. The highest BCUT2D eigenvalue weighted by Gasteiger charge is 2.11. The second kappa shape index (κ2) is 5.48. The molecule has 0 aliphatic carbocycles. The monoisotopic (exact) mass is 298 g/mol. The predicted molar refractivity (Wildman–Crippen MR) is 80.6 cm³/mol. The smallest absolute Gasteiger partial charge is 0.165 e. The lowest BCUT2D eigenvalue weighted by molar-refractivity contribution is 0.432. The van der Waals surface area contributed by atoms with Crippen LogP contribution in [0.25, 0.3) is 22.3 Å². The van der Waals surface area contributed by atoms with Crippen molar-refractivity contribution in [3.8, 4) is 33.8 Å². The zero-order valence-electron chi connectivity index (χ0n) is 11.4. The highest BCUT2D eigenvalue weighted by Crippen LogP contribution is 2.34. The molecule has 0 aliphatic heterocycles. The fraction of sp³-hybridized carbons (Fsp3) is 0. The molecule has 0 aliphatic rings. The zero-order chi connectivity index (χ0) is 15.7. The molecule has 0 bridgehead atoms. The molecular formula is C18H12F2O2. The molecule has 2 nitrogen and oxygen atoms in total. The van der Waals surface area contributed by atoms with Gasteiger partial charge in [0.05, 0.1) is 0 Å². The van der Waals surface area contributed by atoms with Crippen molar-refractivity contribution in [2.45, 2.75) is 0 Å². The van der Waals surface area contributed by atoms with Crippen LogP contribution in [0.1, 0.15) is 0 Å². The standard InChI is InChI=1S/C18H12F2O2/c19-15-9-11(5-7-17(15)21)13-3-1-2-4-14(13)12-6-8-18(22)16(20)10-12/h1-10,21-22H. The van der Waals surface area contributed by atoms with E-state index in [9.17, 15) is 19.0 Å². The summed E-state index contributed by atoms with van der Waals surface area (Å²) in [7, 11) is 0. The summed E-state index contributed by atoms with van der Waals surface area (Å²) >= 11 is 0. The normalized spacial score (nSPS) is 10.6. The minimum absolute atomic E-state index is 0.420. The molecule has 110 valence electrons. The van der Waals surface area contributed by atoms with E-state index in [-0.39, 0.29) is 0 Å². The van der Waals surface area contributed by atoms with Crippen molar-refractivity contribution in [1.82, 2.24) is 0 Å². The number of halogens is 2. The number of benzene rings is 3. The van der Waals surface area contributed by atoms with E-state index >= 15 is 0 Å². The Morgan fingerprint density at radius 1 is 0.591 bits per heavy atom. The van der Waals surface area contributed by atoms with Gasteiger partial charge in [-0.2, -0.15) is 0 Å². The van der Waals surface area contributed by atoms with Crippen molar-refractivity contribution in [1.29, 1.82) is 0 Å². The maximum atomic E-state index is 13.6. The molecule has 0 spiro atoms. The Bertz CT molecular complexity index is 774. The van der Waals surface area contributed by atoms with Crippen LogP contribution in [-0.4, -0.2) is 10.2 Å². The van der Waals surface area contributed by atoms with Crippen LogP contribution in [-0.2, 0) is 0 Å². The van der Waals surface area contributed by atoms with Crippen LogP contribution in [0.2, 0.25) is 0 Å². The molecule has 0 radical (unpaired) electrons. The number of phenolic OH excluding ortho intramolecular Hbond substituents is 2. The number of rotatable bonds is 2. The molecule has 0 amide bonds. The Labute approximate surface area is 125 Å². The van der Waals surface area contributed by atoms with Gasteiger partial charge in [0.2, 0.25) is 0 Å². The fourth-order valence-corrected chi connectivity index (χ4v) is 2.34. The van der Waals surface area contributed by atoms with Crippen molar-refractivity contribution in [2.24, 2.45) is 0 Å². The van der Waals surface area contributed by atoms with Crippen LogP contribution in [0.3, 0.4) is 0 Å². The van der Waals surface area contributed by atoms with Gasteiger partial charge in [-0.25, -0.2) is 8.78 Å². The van der Waals surface area contributed by atoms with Crippen molar-refractivity contribution in [3.63, 3.8) is 0 Å².